The van der Waals surface area contributed by atoms with E-state index in [1.54, 1.807) is 0 Å². The molecule has 0 rings (SSSR count). The van der Waals surface area contributed by atoms with Gasteiger partial charge in [0.1, 0.15) is 0 Å². The molecule has 0 saturated carbocycles. The second-order valence-electron chi connectivity index (χ2n) is 0.513. The molecular weight excluding hydrogens is 236 g/mol. The third kappa shape index (κ3) is 75.7. The summed E-state index contributed by atoms with van der Waals surface area (Å²) in [6, 6.07) is 0. The van der Waals surface area contributed by atoms with Gasteiger partial charge in [0.15, 0.2) is 17.4 Å². The molecule has 0 aromatic heterocycles. The predicted octanol–water partition coefficient (Wildman–Crippen LogP) is -5.00. The Bertz CT molecular complexity index is 66.7. The first-order valence-corrected chi connectivity index (χ1v) is 2.35. The molecule has 0 fully saturated rings. The van der Waals surface area contributed by atoms with Crippen LogP contribution in [0.2, 0.25) is 0 Å². The molecule has 0 spiro atoms. The summed E-state index contributed by atoms with van der Waals surface area (Å²) >= 11 is 0. The monoisotopic (exact) mass is 242 g/mol. The molecule has 0 aliphatic carbocycles. The average molecular weight is 243 g/mol. The standard InChI is InChI=1S/Al.Na.H3O4P.Zr.4H/c;;1-5(2,3)4;;;;;/h;;(H3,1,2,3,4);;;;;/q;+1;;;;;;-1. The van der Waals surface area contributed by atoms with Crippen molar-refractivity contribution in [2.24, 2.45) is 0 Å². The quantitative estimate of drug-likeness (QED) is 0.294. The van der Waals surface area contributed by atoms with Crippen LogP contribution in [0, 0.1) is 0 Å². The van der Waals surface area contributed by atoms with Crippen LogP contribution in [0.5, 0.6) is 0 Å². The van der Waals surface area contributed by atoms with Crippen LogP contribution in [0.4, 0.5) is 0 Å². The first-order valence-electron chi connectivity index (χ1n) is 0.783. The Hall–Kier alpha value is 2.53. The van der Waals surface area contributed by atoms with Crippen molar-refractivity contribution < 1.29 is 76.4 Å². The van der Waals surface area contributed by atoms with Gasteiger partial charge in [0.25, 0.3) is 0 Å². The van der Waals surface area contributed by atoms with Gasteiger partial charge in [-0.2, -0.15) is 0 Å². The van der Waals surface area contributed by atoms with Crippen LogP contribution in [-0.2, 0) is 30.8 Å². The molecule has 0 aliphatic heterocycles. The van der Waals surface area contributed by atoms with Gasteiger partial charge in [-0.05, 0) is 0 Å². The molecule has 0 aromatic rings. The van der Waals surface area contributed by atoms with E-state index in [9.17, 15) is 0 Å². The Labute approximate surface area is 100 Å². The zero-order valence-corrected chi connectivity index (χ0v) is 9.05. The van der Waals surface area contributed by atoms with E-state index in [1.807, 2.05) is 0 Å². The van der Waals surface area contributed by atoms with E-state index in [4.69, 9.17) is 19.2 Å². The fraction of sp³-hybridized carbons (Fsp3) is 0. The molecule has 0 bridgehead atoms. The van der Waals surface area contributed by atoms with Gasteiger partial charge in [0, 0.05) is 26.2 Å². The van der Waals surface area contributed by atoms with Crippen molar-refractivity contribution in [3.63, 3.8) is 0 Å². The maximum atomic E-state index is 8.88. The van der Waals surface area contributed by atoms with Gasteiger partial charge in [-0.1, -0.05) is 0 Å². The molecule has 0 aromatic carbocycles. The van der Waals surface area contributed by atoms with Crippen molar-refractivity contribution in [2.75, 3.05) is 0 Å². The molecule has 4 nitrogen and oxygen atoms in total. The van der Waals surface area contributed by atoms with E-state index >= 15 is 0 Å². The number of hydrogen-bond acceptors (Lipinski definition) is 1. The van der Waals surface area contributed by atoms with Gasteiger partial charge in [-0.25, -0.2) is 4.57 Å². The molecule has 0 aliphatic rings. The first-order chi connectivity index (χ1) is 2.00. The van der Waals surface area contributed by atoms with Crippen LogP contribution >= 0.6 is 7.82 Å². The molecular formula is H7AlNaO4PZr. The minimum atomic E-state index is -4.64. The predicted molar refractivity (Wildman–Crippen MR) is 25.3 cm³/mol. The van der Waals surface area contributed by atoms with E-state index in [0.717, 1.165) is 0 Å². The molecule has 0 unspecified atom stereocenters. The Morgan fingerprint density at radius 1 is 1.25 bits per heavy atom. The fourth-order valence-corrected chi connectivity index (χ4v) is 0. The van der Waals surface area contributed by atoms with Crippen molar-refractivity contribution in [1.82, 2.24) is 0 Å². The summed E-state index contributed by atoms with van der Waals surface area (Å²) in [5.41, 5.74) is 0. The molecule has 3 N–H and O–H groups in total. The molecule has 8 heteroatoms. The maximum Gasteiger partial charge on any atom is 1.00 e. The van der Waals surface area contributed by atoms with E-state index in [-0.39, 0.29) is 74.5 Å². The third-order valence-corrected chi connectivity index (χ3v) is 0. The molecule has 0 amide bonds. The SMILES string of the molecule is O=P(O)(O)O.[AlH3].[H-].[Na+].[Zr]. The molecule has 44 valence electrons. The van der Waals surface area contributed by atoms with Crippen molar-refractivity contribution in [3.8, 4) is 0 Å². The first kappa shape index (κ1) is 22.4. The van der Waals surface area contributed by atoms with E-state index in [1.165, 1.54) is 0 Å². The third-order valence-electron chi connectivity index (χ3n) is 0. The number of hydrogen-bond donors (Lipinski definition) is 3. The largest absolute Gasteiger partial charge is 1.00 e. The Balaban J connectivity index is -0.0000000133. The number of rotatable bonds is 0. The molecule has 0 saturated heterocycles. The van der Waals surface area contributed by atoms with Crippen molar-refractivity contribution in [2.45, 2.75) is 0 Å². The van der Waals surface area contributed by atoms with Crippen LogP contribution < -0.4 is 29.6 Å². The Morgan fingerprint density at radius 3 is 1.25 bits per heavy atom. The van der Waals surface area contributed by atoms with Crippen molar-refractivity contribution >= 4 is 25.2 Å². The normalized spacial score (nSPS) is 7.38. The Kier molecular flexibility index (Phi) is 26.7. The summed E-state index contributed by atoms with van der Waals surface area (Å²) in [4.78, 5) is 21.6. The van der Waals surface area contributed by atoms with Crippen LogP contribution in [0.15, 0.2) is 0 Å². The molecule has 0 heterocycles. The average Bonchev–Trinajstić information content (AvgIpc) is 0.722. The van der Waals surface area contributed by atoms with Gasteiger partial charge in [0.2, 0.25) is 0 Å². The zero-order chi connectivity index (χ0) is 4.50. The summed E-state index contributed by atoms with van der Waals surface area (Å²) in [7, 11) is -4.64. The summed E-state index contributed by atoms with van der Waals surface area (Å²) in [6.45, 7) is 0. The minimum Gasteiger partial charge on any atom is -1.00 e. The fourth-order valence-electron chi connectivity index (χ4n) is 0. The van der Waals surface area contributed by atoms with Crippen molar-refractivity contribution in [3.05, 3.63) is 0 Å². The topological polar surface area (TPSA) is 77.8 Å². The van der Waals surface area contributed by atoms with Gasteiger partial charge in [-0.15, -0.1) is 0 Å². The zero-order valence-electron chi connectivity index (χ0n) is 4.70. The van der Waals surface area contributed by atoms with Gasteiger partial charge >= 0.3 is 37.4 Å². The minimum absolute atomic E-state index is 0. The smallest absolute Gasteiger partial charge is 1.00 e. The van der Waals surface area contributed by atoms with Crippen LogP contribution in [0.3, 0.4) is 0 Å². The van der Waals surface area contributed by atoms with Gasteiger partial charge in [0.05, 0.1) is 0 Å². The van der Waals surface area contributed by atoms with E-state index < -0.39 is 7.82 Å². The summed E-state index contributed by atoms with van der Waals surface area (Å²) < 4.78 is 8.88. The molecule has 0 radical (unpaired) electrons. The summed E-state index contributed by atoms with van der Waals surface area (Å²) in [5, 5.41) is 0. The van der Waals surface area contributed by atoms with Crippen LogP contribution in [0.1, 0.15) is 1.43 Å². The second kappa shape index (κ2) is 9.53. The summed E-state index contributed by atoms with van der Waals surface area (Å²) in [6.07, 6.45) is 0. The summed E-state index contributed by atoms with van der Waals surface area (Å²) in [5.74, 6) is 0. The van der Waals surface area contributed by atoms with Crippen LogP contribution in [-0.4, -0.2) is 32.0 Å². The van der Waals surface area contributed by atoms with E-state index in [2.05, 4.69) is 0 Å². The van der Waals surface area contributed by atoms with Gasteiger partial charge < -0.3 is 16.1 Å². The number of phosphoric acid groups is 1. The van der Waals surface area contributed by atoms with E-state index in [0.29, 0.717) is 0 Å². The van der Waals surface area contributed by atoms with Crippen LogP contribution in [0.25, 0.3) is 0 Å². The second-order valence-corrected chi connectivity index (χ2v) is 1.54. The Morgan fingerprint density at radius 2 is 1.25 bits per heavy atom. The maximum absolute atomic E-state index is 8.88. The van der Waals surface area contributed by atoms with Crippen molar-refractivity contribution in [1.29, 1.82) is 0 Å². The molecule has 0 atom stereocenters. The van der Waals surface area contributed by atoms with Gasteiger partial charge in [-0.3, -0.25) is 0 Å². The molecule has 8 heavy (non-hydrogen) atoms.